The van der Waals surface area contributed by atoms with Crippen molar-refractivity contribution in [2.45, 2.75) is 12.5 Å². The molecule has 0 aromatic heterocycles. The van der Waals surface area contributed by atoms with Gasteiger partial charge in [0.15, 0.2) is 0 Å². The van der Waals surface area contributed by atoms with Gasteiger partial charge in [-0.05, 0) is 5.56 Å². The monoisotopic (exact) mass is 181 g/mol. The van der Waals surface area contributed by atoms with Crippen molar-refractivity contribution in [3.05, 3.63) is 35.9 Å². The lowest BCUT2D eigenvalue weighted by Gasteiger charge is -2.08. The van der Waals surface area contributed by atoms with Crippen LogP contribution in [0.25, 0.3) is 0 Å². The van der Waals surface area contributed by atoms with E-state index in [1.807, 2.05) is 30.3 Å². The lowest BCUT2D eigenvalue weighted by molar-refractivity contribution is 0.186. The first-order valence-corrected chi connectivity index (χ1v) is 4.12. The Morgan fingerprint density at radius 3 is 2.50 bits per heavy atom. The molecular weight excluding hydrogens is 170 g/mol. The normalized spacial score (nSPS) is 12.4. The minimum Gasteiger partial charge on any atom is -0.393 e. The minimum atomic E-state index is -0.566. The zero-order valence-corrected chi connectivity index (χ0v) is 7.42. The average molecular weight is 181 g/mol. The molecule has 0 amide bonds. The van der Waals surface area contributed by atoms with Gasteiger partial charge < -0.3 is 10.8 Å². The second-order valence-corrected chi connectivity index (χ2v) is 3.12. The molecule has 3 heteroatoms. The Kier molecular flexibility index (Phi) is 3.19. The summed E-state index contributed by atoms with van der Waals surface area (Å²) >= 11 is 4.69. The zero-order valence-electron chi connectivity index (χ0n) is 6.60. The largest absolute Gasteiger partial charge is 0.393 e. The first-order chi connectivity index (χ1) is 5.70. The smallest absolute Gasteiger partial charge is 0.0852 e. The summed E-state index contributed by atoms with van der Waals surface area (Å²) in [5.74, 6) is 0. The van der Waals surface area contributed by atoms with Crippen molar-refractivity contribution < 1.29 is 5.11 Å². The molecule has 3 N–H and O–H groups in total. The lowest BCUT2D eigenvalue weighted by Crippen LogP contribution is -2.12. The number of nitrogens with two attached hydrogens (primary N) is 1. The molecule has 0 aliphatic heterocycles. The molecular formula is C9H11NOS. The van der Waals surface area contributed by atoms with Crippen molar-refractivity contribution in [1.82, 2.24) is 0 Å². The summed E-state index contributed by atoms with van der Waals surface area (Å²) in [7, 11) is 0. The van der Waals surface area contributed by atoms with Crippen LogP contribution in [0.2, 0.25) is 0 Å². The fourth-order valence-corrected chi connectivity index (χ4v) is 1.14. The number of thiocarbonyl (C=S) groups is 1. The van der Waals surface area contributed by atoms with Crippen LogP contribution in [0.1, 0.15) is 18.1 Å². The Hall–Kier alpha value is -0.930. The van der Waals surface area contributed by atoms with E-state index in [4.69, 9.17) is 5.73 Å². The standard InChI is InChI=1S/C9H11NOS/c10-9(12)6-8(11)7-4-2-1-3-5-7/h1-5,8,11H,6H2,(H2,10,12). The molecule has 64 valence electrons. The Balaban J connectivity index is 2.65. The van der Waals surface area contributed by atoms with Gasteiger partial charge in [0.1, 0.15) is 0 Å². The van der Waals surface area contributed by atoms with Gasteiger partial charge in [0.2, 0.25) is 0 Å². The summed E-state index contributed by atoms with van der Waals surface area (Å²) < 4.78 is 0. The maximum atomic E-state index is 9.52. The van der Waals surface area contributed by atoms with Gasteiger partial charge >= 0.3 is 0 Å². The number of rotatable bonds is 3. The fourth-order valence-electron chi connectivity index (χ4n) is 0.984. The van der Waals surface area contributed by atoms with Crippen LogP contribution in [0.3, 0.4) is 0 Å². The predicted molar refractivity (Wildman–Crippen MR) is 52.8 cm³/mol. The Bertz CT molecular complexity index is 260. The zero-order chi connectivity index (χ0) is 8.97. The highest BCUT2D eigenvalue weighted by molar-refractivity contribution is 7.80. The highest BCUT2D eigenvalue weighted by Gasteiger charge is 2.06. The Morgan fingerprint density at radius 1 is 1.42 bits per heavy atom. The number of hydrogen-bond donors (Lipinski definition) is 2. The van der Waals surface area contributed by atoms with E-state index in [0.29, 0.717) is 11.4 Å². The van der Waals surface area contributed by atoms with Crippen molar-refractivity contribution in [2.75, 3.05) is 0 Å². The van der Waals surface area contributed by atoms with E-state index in [1.54, 1.807) is 0 Å². The van der Waals surface area contributed by atoms with Gasteiger partial charge in [0, 0.05) is 6.42 Å². The first kappa shape index (κ1) is 9.16. The molecule has 0 heterocycles. The van der Waals surface area contributed by atoms with Crippen molar-refractivity contribution in [2.24, 2.45) is 5.73 Å². The van der Waals surface area contributed by atoms with Crippen molar-refractivity contribution in [1.29, 1.82) is 0 Å². The molecule has 0 aliphatic carbocycles. The third kappa shape index (κ3) is 2.60. The summed E-state index contributed by atoms with van der Waals surface area (Å²) in [4.78, 5) is 0.339. The predicted octanol–water partition coefficient (Wildman–Crippen LogP) is 1.40. The van der Waals surface area contributed by atoms with E-state index < -0.39 is 6.10 Å². The summed E-state index contributed by atoms with van der Waals surface area (Å²) in [6.07, 6.45) is -0.219. The van der Waals surface area contributed by atoms with Gasteiger partial charge in [-0.2, -0.15) is 0 Å². The van der Waals surface area contributed by atoms with Gasteiger partial charge in [-0.25, -0.2) is 0 Å². The highest BCUT2D eigenvalue weighted by atomic mass is 32.1. The van der Waals surface area contributed by atoms with E-state index in [-0.39, 0.29) is 0 Å². The minimum absolute atomic E-state index is 0.339. The van der Waals surface area contributed by atoms with Gasteiger partial charge in [-0.3, -0.25) is 0 Å². The lowest BCUT2D eigenvalue weighted by atomic mass is 10.1. The van der Waals surface area contributed by atoms with E-state index in [1.165, 1.54) is 0 Å². The van der Waals surface area contributed by atoms with Crippen LogP contribution in [-0.4, -0.2) is 10.1 Å². The SMILES string of the molecule is NC(=S)CC(O)c1ccccc1. The van der Waals surface area contributed by atoms with E-state index in [0.717, 1.165) is 5.56 Å². The van der Waals surface area contributed by atoms with E-state index in [9.17, 15) is 5.11 Å². The van der Waals surface area contributed by atoms with Crippen LogP contribution >= 0.6 is 12.2 Å². The van der Waals surface area contributed by atoms with E-state index >= 15 is 0 Å². The third-order valence-electron chi connectivity index (χ3n) is 1.58. The van der Waals surface area contributed by atoms with Gasteiger partial charge in [0.05, 0.1) is 11.1 Å². The van der Waals surface area contributed by atoms with Crippen molar-refractivity contribution in [3.8, 4) is 0 Å². The molecule has 1 atom stereocenters. The molecule has 12 heavy (non-hydrogen) atoms. The molecule has 0 aliphatic rings. The topological polar surface area (TPSA) is 46.2 Å². The van der Waals surface area contributed by atoms with Crippen LogP contribution in [0.15, 0.2) is 30.3 Å². The van der Waals surface area contributed by atoms with Crippen LogP contribution in [0.5, 0.6) is 0 Å². The summed E-state index contributed by atoms with van der Waals surface area (Å²) in [5.41, 5.74) is 6.15. The molecule has 1 rings (SSSR count). The maximum Gasteiger partial charge on any atom is 0.0852 e. The second kappa shape index (κ2) is 4.18. The fraction of sp³-hybridized carbons (Fsp3) is 0.222. The quantitative estimate of drug-likeness (QED) is 0.693. The molecule has 0 saturated carbocycles. The summed E-state index contributed by atoms with van der Waals surface area (Å²) in [6, 6.07) is 9.35. The molecule has 0 radical (unpaired) electrons. The van der Waals surface area contributed by atoms with Crippen molar-refractivity contribution >= 4 is 17.2 Å². The molecule has 1 aromatic carbocycles. The van der Waals surface area contributed by atoms with Crippen molar-refractivity contribution in [3.63, 3.8) is 0 Å². The molecule has 0 fully saturated rings. The molecule has 1 unspecified atom stereocenters. The molecule has 0 bridgehead atoms. The first-order valence-electron chi connectivity index (χ1n) is 3.71. The summed E-state index contributed by atoms with van der Waals surface area (Å²) in [5, 5.41) is 9.52. The Labute approximate surface area is 77.0 Å². The summed E-state index contributed by atoms with van der Waals surface area (Å²) in [6.45, 7) is 0. The van der Waals surface area contributed by atoms with E-state index in [2.05, 4.69) is 12.2 Å². The average Bonchev–Trinajstić information content (AvgIpc) is 2.05. The second-order valence-electron chi connectivity index (χ2n) is 2.60. The third-order valence-corrected chi connectivity index (χ3v) is 1.75. The van der Waals surface area contributed by atoms with Gasteiger partial charge in [-0.1, -0.05) is 42.5 Å². The molecule has 0 spiro atoms. The number of benzene rings is 1. The molecule has 1 aromatic rings. The highest BCUT2D eigenvalue weighted by Crippen LogP contribution is 2.15. The molecule has 2 nitrogen and oxygen atoms in total. The van der Waals surface area contributed by atoms with Gasteiger partial charge in [-0.15, -0.1) is 0 Å². The number of aliphatic hydroxyl groups is 1. The number of aliphatic hydroxyl groups excluding tert-OH is 1. The van der Waals surface area contributed by atoms with Crippen LogP contribution in [0, 0.1) is 0 Å². The molecule has 0 saturated heterocycles. The maximum absolute atomic E-state index is 9.52. The number of hydrogen-bond acceptors (Lipinski definition) is 2. The Morgan fingerprint density at radius 2 is 2.00 bits per heavy atom. The van der Waals surface area contributed by atoms with Gasteiger partial charge in [0.25, 0.3) is 0 Å². The van der Waals surface area contributed by atoms with Crippen LogP contribution in [-0.2, 0) is 0 Å². The van der Waals surface area contributed by atoms with Crippen LogP contribution in [0.4, 0.5) is 0 Å². The van der Waals surface area contributed by atoms with Crippen LogP contribution < -0.4 is 5.73 Å².